The highest BCUT2D eigenvalue weighted by Crippen LogP contribution is 2.25. The van der Waals surface area contributed by atoms with Gasteiger partial charge < -0.3 is 9.72 Å². The molecule has 0 saturated heterocycles. The molecule has 3 rings (SSSR count). The maximum atomic E-state index is 12.6. The van der Waals surface area contributed by atoms with Crippen LogP contribution in [0.25, 0.3) is 11.1 Å². The Balaban J connectivity index is 2.22. The maximum Gasteiger partial charge on any atom is 0.277 e. The van der Waals surface area contributed by atoms with Crippen molar-refractivity contribution in [2.45, 2.75) is 47.0 Å². The number of nitrogens with zero attached hydrogens (tertiary/aromatic N) is 3. The van der Waals surface area contributed by atoms with Crippen LogP contribution in [0.2, 0.25) is 0 Å². The van der Waals surface area contributed by atoms with Gasteiger partial charge in [-0.2, -0.15) is 0 Å². The van der Waals surface area contributed by atoms with Gasteiger partial charge in [0.1, 0.15) is 11.6 Å². The Morgan fingerprint density at radius 1 is 1.28 bits per heavy atom. The van der Waals surface area contributed by atoms with Crippen LogP contribution in [-0.2, 0) is 11.2 Å². The SMILES string of the molecule is CCCc1nc(C)c2c(=O)[nH]c(C3=C(OCC)C=CC(C)=CC3)nn12. The number of allylic oxidation sites excluding steroid dienone is 5. The van der Waals surface area contributed by atoms with Crippen molar-refractivity contribution in [2.75, 3.05) is 6.61 Å². The van der Waals surface area contributed by atoms with Crippen LogP contribution in [0.3, 0.4) is 0 Å². The molecular weight excluding hydrogens is 316 g/mol. The van der Waals surface area contributed by atoms with Crippen molar-refractivity contribution < 1.29 is 4.74 Å². The minimum atomic E-state index is -0.172. The van der Waals surface area contributed by atoms with Gasteiger partial charge in [-0.05, 0) is 39.7 Å². The van der Waals surface area contributed by atoms with Crippen molar-refractivity contribution >= 4 is 11.1 Å². The number of imidazole rings is 1. The molecule has 0 bridgehead atoms. The molecule has 0 aliphatic heterocycles. The monoisotopic (exact) mass is 340 g/mol. The van der Waals surface area contributed by atoms with Gasteiger partial charge in [0.25, 0.3) is 5.56 Å². The Kier molecular flexibility index (Phi) is 4.88. The van der Waals surface area contributed by atoms with E-state index in [-0.39, 0.29) is 5.56 Å². The molecule has 0 spiro atoms. The van der Waals surface area contributed by atoms with Gasteiger partial charge in [-0.15, -0.1) is 5.10 Å². The van der Waals surface area contributed by atoms with E-state index in [1.165, 1.54) is 0 Å². The molecular formula is C19H24N4O2. The fraction of sp³-hybridized carbons (Fsp3) is 0.421. The first-order valence-corrected chi connectivity index (χ1v) is 8.74. The summed E-state index contributed by atoms with van der Waals surface area (Å²) in [5, 5.41) is 4.70. The van der Waals surface area contributed by atoms with Gasteiger partial charge >= 0.3 is 0 Å². The quantitative estimate of drug-likeness (QED) is 0.906. The second-order valence-corrected chi connectivity index (χ2v) is 6.19. The molecule has 0 amide bonds. The van der Waals surface area contributed by atoms with Crippen LogP contribution >= 0.6 is 0 Å². The van der Waals surface area contributed by atoms with Crippen molar-refractivity contribution in [1.29, 1.82) is 0 Å². The van der Waals surface area contributed by atoms with Gasteiger partial charge in [0, 0.05) is 12.0 Å². The van der Waals surface area contributed by atoms with Gasteiger partial charge in [0.05, 0.1) is 12.3 Å². The zero-order valence-corrected chi connectivity index (χ0v) is 15.2. The zero-order valence-electron chi connectivity index (χ0n) is 15.2. The first-order valence-electron chi connectivity index (χ1n) is 8.74. The molecule has 1 N–H and O–H groups in total. The Bertz CT molecular complexity index is 944. The highest BCUT2D eigenvalue weighted by molar-refractivity contribution is 5.68. The summed E-state index contributed by atoms with van der Waals surface area (Å²) in [7, 11) is 0. The van der Waals surface area contributed by atoms with E-state index in [0.29, 0.717) is 30.1 Å². The van der Waals surface area contributed by atoms with E-state index < -0.39 is 0 Å². The van der Waals surface area contributed by atoms with E-state index in [1.807, 2.05) is 32.9 Å². The van der Waals surface area contributed by atoms with Crippen LogP contribution in [0.5, 0.6) is 0 Å². The summed E-state index contributed by atoms with van der Waals surface area (Å²) in [6.45, 7) is 8.48. The first kappa shape index (κ1) is 17.2. The number of aromatic nitrogens is 4. The Morgan fingerprint density at radius 2 is 2.08 bits per heavy atom. The molecule has 2 aromatic rings. The van der Waals surface area contributed by atoms with Crippen molar-refractivity contribution in [2.24, 2.45) is 0 Å². The summed E-state index contributed by atoms with van der Waals surface area (Å²) in [4.78, 5) is 20.1. The van der Waals surface area contributed by atoms with E-state index >= 15 is 0 Å². The van der Waals surface area contributed by atoms with Crippen LogP contribution < -0.4 is 5.56 Å². The first-order chi connectivity index (χ1) is 12.0. The Morgan fingerprint density at radius 3 is 2.80 bits per heavy atom. The van der Waals surface area contributed by atoms with Crippen molar-refractivity contribution in [3.63, 3.8) is 0 Å². The number of hydrogen-bond acceptors (Lipinski definition) is 4. The highest BCUT2D eigenvalue weighted by Gasteiger charge is 2.18. The number of H-pyrrole nitrogens is 1. The molecule has 6 nitrogen and oxygen atoms in total. The van der Waals surface area contributed by atoms with E-state index in [9.17, 15) is 4.79 Å². The van der Waals surface area contributed by atoms with E-state index in [1.54, 1.807) is 4.52 Å². The molecule has 132 valence electrons. The Labute approximate surface area is 146 Å². The van der Waals surface area contributed by atoms with E-state index in [0.717, 1.165) is 35.6 Å². The number of nitrogens with one attached hydrogen (secondary N) is 1. The number of ether oxygens (including phenoxy) is 1. The van der Waals surface area contributed by atoms with Gasteiger partial charge in [0.15, 0.2) is 11.3 Å². The third kappa shape index (κ3) is 3.29. The van der Waals surface area contributed by atoms with E-state index in [2.05, 4.69) is 23.0 Å². The summed E-state index contributed by atoms with van der Waals surface area (Å²) in [6, 6.07) is 0. The fourth-order valence-electron chi connectivity index (χ4n) is 3.00. The lowest BCUT2D eigenvalue weighted by atomic mass is 10.1. The van der Waals surface area contributed by atoms with Gasteiger partial charge in [0.2, 0.25) is 0 Å². The van der Waals surface area contributed by atoms with Crippen LogP contribution in [-0.4, -0.2) is 26.2 Å². The predicted octanol–water partition coefficient (Wildman–Crippen LogP) is 3.33. The van der Waals surface area contributed by atoms with Crippen LogP contribution in [0, 0.1) is 6.92 Å². The van der Waals surface area contributed by atoms with Crippen molar-refractivity contribution in [1.82, 2.24) is 19.6 Å². The fourth-order valence-corrected chi connectivity index (χ4v) is 3.00. The van der Waals surface area contributed by atoms with Crippen LogP contribution in [0.1, 0.15) is 51.0 Å². The number of aryl methyl sites for hydroxylation is 2. The van der Waals surface area contributed by atoms with Gasteiger partial charge in [-0.1, -0.05) is 24.6 Å². The Hall–Kier alpha value is -2.63. The standard InChI is InChI=1S/C19H24N4O2/c1-5-7-16-20-13(4)17-19(24)21-18(22-23(16)17)14-10-8-12(3)9-11-15(14)25-6-2/h8-9,11H,5-7,10H2,1-4H3,(H,21,22,24). The largest absolute Gasteiger partial charge is 0.493 e. The minimum absolute atomic E-state index is 0.172. The number of rotatable bonds is 5. The molecule has 1 aliphatic carbocycles. The molecule has 0 radical (unpaired) electrons. The summed E-state index contributed by atoms with van der Waals surface area (Å²) in [5.74, 6) is 2.09. The topological polar surface area (TPSA) is 72.3 Å². The zero-order chi connectivity index (χ0) is 18.0. The van der Waals surface area contributed by atoms with Crippen molar-refractivity contribution in [3.05, 3.63) is 57.3 Å². The minimum Gasteiger partial charge on any atom is -0.493 e. The second-order valence-electron chi connectivity index (χ2n) is 6.19. The molecule has 2 aromatic heterocycles. The molecule has 0 aromatic carbocycles. The lowest BCUT2D eigenvalue weighted by molar-refractivity contribution is 0.243. The lowest BCUT2D eigenvalue weighted by Crippen LogP contribution is -2.17. The molecule has 0 saturated carbocycles. The molecule has 0 unspecified atom stereocenters. The predicted molar refractivity (Wildman–Crippen MR) is 98.4 cm³/mol. The highest BCUT2D eigenvalue weighted by atomic mass is 16.5. The third-order valence-corrected chi connectivity index (χ3v) is 4.23. The number of hydrogen-bond donors (Lipinski definition) is 1. The smallest absolute Gasteiger partial charge is 0.277 e. The molecule has 0 atom stereocenters. The second kappa shape index (κ2) is 7.09. The average Bonchev–Trinajstić information content (AvgIpc) is 2.77. The van der Waals surface area contributed by atoms with Gasteiger partial charge in [-0.3, -0.25) is 4.79 Å². The summed E-state index contributed by atoms with van der Waals surface area (Å²) < 4.78 is 7.47. The summed E-state index contributed by atoms with van der Waals surface area (Å²) in [6.07, 6.45) is 8.43. The molecule has 2 heterocycles. The lowest BCUT2D eigenvalue weighted by Gasteiger charge is -2.11. The third-order valence-electron chi connectivity index (χ3n) is 4.23. The molecule has 25 heavy (non-hydrogen) atoms. The average molecular weight is 340 g/mol. The van der Waals surface area contributed by atoms with Crippen molar-refractivity contribution in [3.8, 4) is 0 Å². The number of fused-ring (bicyclic) bond motifs is 1. The molecule has 0 fully saturated rings. The number of aromatic amines is 1. The molecule has 6 heteroatoms. The van der Waals surface area contributed by atoms with Crippen LogP contribution in [0.15, 0.2) is 34.4 Å². The summed E-state index contributed by atoms with van der Waals surface area (Å²) in [5.41, 5.74) is 3.08. The van der Waals surface area contributed by atoms with Gasteiger partial charge in [-0.25, -0.2) is 9.50 Å². The summed E-state index contributed by atoms with van der Waals surface area (Å²) >= 11 is 0. The molecule has 1 aliphatic rings. The van der Waals surface area contributed by atoms with E-state index in [4.69, 9.17) is 9.84 Å². The maximum absolute atomic E-state index is 12.6. The normalized spacial score (nSPS) is 14.8. The van der Waals surface area contributed by atoms with Crippen LogP contribution in [0.4, 0.5) is 0 Å².